The number of carbonyl (C=O) groups is 2. The van der Waals surface area contributed by atoms with Crippen LogP contribution in [-0.2, 0) is 14.8 Å². The van der Waals surface area contributed by atoms with E-state index >= 15 is 0 Å². The lowest BCUT2D eigenvalue weighted by Crippen LogP contribution is -2.28. The highest BCUT2D eigenvalue weighted by molar-refractivity contribution is 7.93. The van der Waals surface area contributed by atoms with E-state index in [1.807, 2.05) is 0 Å². The minimum Gasteiger partial charge on any atom is -0.497 e. The van der Waals surface area contributed by atoms with Crippen LogP contribution in [0, 0.1) is 0 Å². The first-order valence-corrected chi connectivity index (χ1v) is 11.9. The first-order chi connectivity index (χ1) is 15.3. The Morgan fingerprint density at radius 3 is 2.47 bits per heavy atom. The number of amides is 1. The molecule has 1 N–H and O–H groups in total. The van der Waals surface area contributed by atoms with Crippen LogP contribution in [-0.4, -0.2) is 41.1 Å². The Kier molecular flexibility index (Phi) is 7.16. The fourth-order valence-electron chi connectivity index (χ4n) is 2.87. The smallest absolute Gasteiger partial charge is 0.338 e. The second-order valence-electron chi connectivity index (χ2n) is 6.54. The van der Waals surface area contributed by atoms with Crippen molar-refractivity contribution in [1.29, 1.82) is 0 Å². The van der Waals surface area contributed by atoms with Crippen LogP contribution in [0.5, 0.6) is 5.75 Å². The molecule has 1 heterocycles. The van der Waals surface area contributed by atoms with Gasteiger partial charge in [-0.15, -0.1) is 11.3 Å². The van der Waals surface area contributed by atoms with Crippen molar-refractivity contribution in [3.63, 3.8) is 0 Å². The van der Waals surface area contributed by atoms with E-state index in [1.165, 1.54) is 26.3 Å². The molecule has 3 aromatic rings. The summed E-state index contributed by atoms with van der Waals surface area (Å²) in [5.74, 6) is -0.507. The molecule has 32 heavy (non-hydrogen) atoms. The van der Waals surface area contributed by atoms with Crippen LogP contribution in [0.2, 0.25) is 0 Å². The van der Waals surface area contributed by atoms with Gasteiger partial charge in [0.1, 0.15) is 15.5 Å². The van der Waals surface area contributed by atoms with Gasteiger partial charge in [0.2, 0.25) is 0 Å². The molecule has 2 aromatic carbocycles. The summed E-state index contributed by atoms with van der Waals surface area (Å²) in [7, 11) is -1.06. The van der Waals surface area contributed by atoms with E-state index in [4.69, 9.17) is 9.47 Å². The zero-order chi connectivity index (χ0) is 23.3. The van der Waals surface area contributed by atoms with Crippen LogP contribution < -0.4 is 14.4 Å². The number of hydrogen-bond donors (Lipinski definition) is 1. The van der Waals surface area contributed by atoms with Crippen molar-refractivity contribution >= 4 is 44.6 Å². The number of anilines is 2. The molecule has 1 amide bonds. The third-order valence-corrected chi connectivity index (χ3v) is 7.41. The zero-order valence-corrected chi connectivity index (χ0v) is 19.3. The Morgan fingerprint density at radius 2 is 1.81 bits per heavy atom. The van der Waals surface area contributed by atoms with Gasteiger partial charge in [-0.05, 0) is 60.8 Å². The maximum Gasteiger partial charge on any atom is 0.338 e. The van der Waals surface area contributed by atoms with Crippen molar-refractivity contribution in [2.45, 2.75) is 11.8 Å². The third-order valence-electron chi connectivity index (χ3n) is 4.54. The summed E-state index contributed by atoms with van der Waals surface area (Å²) < 4.78 is 37.6. The minimum absolute atomic E-state index is 0.0342. The maximum absolute atomic E-state index is 13.2. The summed E-state index contributed by atoms with van der Waals surface area (Å²) in [6.45, 7) is 1.93. The summed E-state index contributed by atoms with van der Waals surface area (Å²) in [5, 5.41) is 4.19. The Labute approximate surface area is 190 Å². The average Bonchev–Trinajstić information content (AvgIpc) is 3.30. The molecule has 3 rings (SSSR count). The Bertz CT molecular complexity index is 1220. The summed E-state index contributed by atoms with van der Waals surface area (Å²) in [6, 6.07) is 14.2. The summed E-state index contributed by atoms with van der Waals surface area (Å²) >= 11 is 1.01. The molecular formula is C22H22N2O6S2. The molecule has 0 aliphatic rings. The van der Waals surface area contributed by atoms with E-state index in [9.17, 15) is 18.0 Å². The van der Waals surface area contributed by atoms with Crippen molar-refractivity contribution in [1.82, 2.24) is 0 Å². The molecule has 0 unspecified atom stereocenters. The summed E-state index contributed by atoms with van der Waals surface area (Å²) in [4.78, 5) is 24.7. The number of esters is 1. The number of rotatable bonds is 8. The first kappa shape index (κ1) is 23.3. The molecule has 0 saturated heterocycles. The number of sulfonamides is 1. The van der Waals surface area contributed by atoms with E-state index in [1.54, 1.807) is 54.8 Å². The van der Waals surface area contributed by atoms with Crippen LogP contribution in [0.3, 0.4) is 0 Å². The minimum atomic E-state index is -4.00. The lowest BCUT2D eigenvalue weighted by atomic mass is 10.2. The lowest BCUT2D eigenvalue weighted by molar-refractivity contribution is 0.0526. The second-order valence-corrected chi connectivity index (χ2v) is 9.39. The van der Waals surface area contributed by atoms with Gasteiger partial charge in [-0.3, -0.25) is 9.10 Å². The van der Waals surface area contributed by atoms with Gasteiger partial charge >= 0.3 is 5.97 Å². The van der Waals surface area contributed by atoms with E-state index in [0.29, 0.717) is 17.1 Å². The van der Waals surface area contributed by atoms with Crippen LogP contribution >= 0.6 is 11.3 Å². The molecular weight excluding hydrogens is 452 g/mol. The molecule has 0 fully saturated rings. The molecule has 0 saturated carbocycles. The highest BCUT2D eigenvalue weighted by Gasteiger charge is 2.28. The number of hydrogen-bond acceptors (Lipinski definition) is 7. The largest absolute Gasteiger partial charge is 0.497 e. The standard InChI is InChI=1S/C22H22N2O6S2/c1-4-30-22(26)15-6-5-7-16(14-15)23-21(25)20-19(12-13-31-20)32(27,28)24(2)17-8-10-18(29-3)11-9-17/h5-14H,4H2,1-3H3,(H,23,25). The number of methoxy groups -OCH3 is 1. The van der Waals surface area contributed by atoms with E-state index in [-0.39, 0.29) is 21.9 Å². The monoisotopic (exact) mass is 474 g/mol. The number of ether oxygens (including phenoxy) is 2. The Morgan fingerprint density at radius 1 is 1.09 bits per heavy atom. The molecule has 0 atom stereocenters. The quantitative estimate of drug-likeness (QED) is 0.495. The number of thiophene rings is 1. The fourth-order valence-corrected chi connectivity index (χ4v) is 5.36. The van der Waals surface area contributed by atoms with Gasteiger partial charge in [-0.25, -0.2) is 13.2 Å². The van der Waals surface area contributed by atoms with Crippen molar-refractivity contribution in [2.24, 2.45) is 0 Å². The van der Waals surface area contributed by atoms with Gasteiger partial charge in [0.05, 0.1) is 25.0 Å². The molecule has 8 nitrogen and oxygen atoms in total. The van der Waals surface area contributed by atoms with Gasteiger partial charge in [0, 0.05) is 12.7 Å². The van der Waals surface area contributed by atoms with Crippen LogP contribution in [0.1, 0.15) is 27.0 Å². The molecule has 0 radical (unpaired) electrons. The third kappa shape index (κ3) is 4.92. The van der Waals surface area contributed by atoms with E-state index in [2.05, 4.69) is 5.32 Å². The zero-order valence-electron chi connectivity index (χ0n) is 17.7. The predicted molar refractivity (Wildman–Crippen MR) is 123 cm³/mol. The number of nitrogens with zero attached hydrogens (tertiary/aromatic N) is 1. The number of carbonyl (C=O) groups excluding carboxylic acids is 2. The van der Waals surface area contributed by atoms with Crippen LogP contribution in [0.4, 0.5) is 11.4 Å². The van der Waals surface area contributed by atoms with E-state index < -0.39 is 21.9 Å². The fraction of sp³-hybridized carbons (Fsp3) is 0.182. The maximum atomic E-state index is 13.2. The van der Waals surface area contributed by atoms with Gasteiger partial charge in [-0.2, -0.15) is 0 Å². The average molecular weight is 475 g/mol. The molecule has 10 heteroatoms. The van der Waals surface area contributed by atoms with Crippen molar-refractivity contribution in [3.05, 3.63) is 70.4 Å². The molecule has 0 bridgehead atoms. The van der Waals surface area contributed by atoms with Gasteiger partial charge in [-0.1, -0.05) is 6.07 Å². The summed E-state index contributed by atoms with van der Waals surface area (Å²) in [6.07, 6.45) is 0. The van der Waals surface area contributed by atoms with Crippen LogP contribution in [0.15, 0.2) is 64.9 Å². The van der Waals surface area contributed by atoms with Crippen LogP contribution in [0.25, 0.3) is 0 Å². The Hall–Kier alpha value is -3.37. The van der Waals surface area contributed by atoms with Gasteiger partial charge < -0.3 is 14.8 Å². The molecule has 0 aliphatic heterocycles. The normalized spacial score (nSPS) is 11.0. The number of benzene rings is 2. The van der Waals surface area contributed by atoms with E-state index in [0.717, 1.165) is 15.6 Å². The lowest BCUT2D eigenvalue weighted by Gasteiger charge is -2.20. The van der Waals surface area contributed by atoms with Gasteiger partial charge in [0.25, 0.3) is 15.9 Å². The van der Waals surface area contributed by atoms with Crippen molar-refractivity contribution < 1.29 is 27.5 Å². The highest BCUT2D eigenvalue weighted by atomic mass is 32.2. The summed E-state index contributed by atoms with van der Waals surface area (Å²) in [5.41, 5.74) is 1.05. The second kappa shape index (κ2) is 9.84. The van der Waals surface area contributed by atoms with Crippen molar-refractivity contribution in [3.8, 4) is 5.75 Å². The highest BCUT2D eigenvalue weighted by Crippen LogP contribution is 2.29. The molecule has 1 aromatic heterocycles. The Balaban J connectivity index is 1.84. The SMILES string of the molecule is CCOC(=O)c1cccc(NC(=O)c2sccc2S(=O)(=O)N(C)c2ccc(OC)cc2)c1. The topological polar surface area (TPSA) is 102 Å². The first-order valence-electron chi connectivity index (χ1n) is 9.57. The predicted octanol–water partition coefficient (Wildman–Crippen LogP) is 4.01. The molecule has 0 spiro atoms. The van der Waals surface area contributed by atoms with Crippen molar-refractivity contribution in [2.75, 3.05) is 30.4 Å². The number of nitrogens with one attached hydrogen (secondary N) is 1. The molecule has 0 aliphatic carbocycles. The van der Waals surface area contributed by atoms with Gasteiger partial charge in [0.15, 0.2) is 0 Å². The molecule has 168 valence electrons.